The van der Waals surface area contributed by atoms with Crippen molar-refractivity contribution in [2.75, 3.05) is 13.2 Å². The maximum Gasteiger partial charge on any atom is 0.469 e. The number of phosphoric ester groups is 1. The number of unbranched alkanes of at least 4 members (excludes halogenated alkanes) is 12. The second kappa shape index (κ2) is 32.9. The lowest BCUT2D eigenvalue weighted by Crippen LogP contribution is -2.29. The van der Waals surface area contributed by atoms with Gasteiger partial charge in [0.05, 0.1) is 6.61 Å². The number of ether oxygens (including phenoxy) is 2. The van der Waals surface area contributed by atoms with Crippen molar-refractivity contribution in [1.82, 2.24) is 0 Å². The molecule has 0 fully saturated rings. The van der Waals surface area contributed by atoms with Crippen LogP contribution in [0.2, 0.25) is 0 Å². The summed E-state index contributed by atoms with van der Waals surface area (Å²) in [6.45, 7) is 5.73. The monoisotopic (exact) mass is 710 g/mol. The SMILES string of the molecule is CCCCC/C=C\C/C=C\C/C=C\C=C\C(=O)CCCC(=O)O[C@H](COC(=O)CCCCCCCCCCCCC(C)C)COP(=O)(O)O. The summed E-state index contributed by atoms with van der Waals surface area (Å²) in [5.74, 6) is -0.490. The average molecular weight is 711 g/mol. The van der Waals surface area contributed by atoms with Crippen molar-refractivity contribution >= 4 is 25.5 Å². The zero-order valence-electron chi connectivity index (χ0n) is 30.7. The predicted molar refractivity (Wildman–Crippen MR) is 198 cm³/mol. The lowest BCUT2D eigenvalue weighted by Gasteiger charge is -2.18. The van der Waals surface area contributed by atoms with E-state index < -0.39 is 32.5 Å². The Morgan fingerprint density at radius 3 is 1.88 bits per heavy atom. The Labute approximate surface area is 297 Å². The number of hydrogen-bond acceptors (Lipinski definition) is 7. The largest absolute Gasteiger partial charge is 0.469 e. The molecule has 0 aromatic carbocycles. The van der Waals surface area contributed by atoms with Crippen molar-refractivity contribution in [3.8, 4) is 0 Å². The molecule has 0 radical (unpaired) electrons. The maximum atomic E-state index is 12.3. The van der Waals surface area contributed by atoms with Crippen LogP contribution in [-0.2, 0) is 32.9 Å². The highest BCUT2D eigenvalue weighted by atomic mass is 31.2. The highest BCUT2D eigenvalue weighted by Gasteiger charge is 2.23. The van der Waals surface area contributed by atoms with E-state index in [-0.39, 0.29) is 38.1 Å². The molecule has 0 bridgehead atoms. The van der Waals surface area contributed by atoms with E-state index in [9.17, 15) is 18.9 Å². The maximum absolute atomic E-state index is 12.3. The fourth-order valence-electron chi connectivity index (χ4n) is 4.92. The molecule has 0 saturated heterocycles. The van der Waals surface area contributed by atoms with Crippen LogP contribution in [-0.4, -0.2) is 46.8 Å². The van der Waals surface area contributed by atoms with Gasteiger partial charge in [0.2, 0.25) is 0 Å². The van der Waals surface area contributed by atoms with Gasteiger partial charge in [0, 0.05) is 19.3 Å². The van der Waals surface area contributed by atoms with Gasteiger partial charge >= 0.3 is 19.8 Å². The first-order valence-electron chi connectivity index (χ1n) is 18.7. The number of phosphoric acid groups is 1. The fraction of sp³-hybridized carbons (Fsp3) is 0.718. The van der Waals surface area contributed by atoms with Crippen LogP contribution in [0.15, 0.2) is 48.6 Å². The van der Waals surface area contributed by atoms with Gasteiger partial charge in [-0.3, -0.25) is 18.9 Å². The number of carbonyl (C=O) groups excluding carboxylic acids is 3. The predicted octanol–water partition coefficient (Wildman–Crippen LogP) is 10.2. The van der Waals surface area contributed by atoms with Gasteiger partial charge in [0.1, 0.15) is 6.61 Å². The molecule has 0 aliphatic carbocycles. The highest BCUT2D eigenvalue weighted by Crippen LogP contribution is 2.36. The second-order valence-electron chi connectivity index (χ2n) is 13.1. The van der Waals surface area contributed by atoms with Crippen molar-refractivity contribution in [3.05, 3.63) is 48.6 Å². The van der Waals surface area contributed by atoms with Gasteiger partial charge in [0.15, 0.2) is 11.9 Å². The Morgan fingerprint density at radius 2 is 1.24 bits per heavy atom. The molecule has 0 heterocycles. The van der Waals surface area contributed by atoms with Crippen molar-refractivity contribution in [3.63, 3.8) is 0 Å². The summed E-state index contributed by atoms with van der Waals surface area (Å²) in [6, 6.07) is 0. The smallest absolute Gasteiger partial charge is 0.462 e. The molecule has 1 atom stereocenters. The molecule has 9 nitrogen and oxygen atoms in total. The molecule has 0 aliphatic rings. The molecule has 0 rings (SSSR count). The average Bonchev–Trinajstić information content (AvgIpc) is 3.04. The van der Waals surface area contributed by atoms with Gasteiger partial charge in [-0.2, -0.15) is 0 Å². The van der Waals surface area contributed by atoms with Gasteiger partial charge in [-0.1, -0.05) is 140 Å². The van der Waals surface area contributed by atoms with Gasteiger partial charge in [-0.25, -0.2) is 4.57 Å². The lowest BCUT2D eigenvalue weighted by atomic mass is 10.0. The molecule has 0 aromatic heterocycles. The van der Waals surface area contributed by atoms with E-state index in [2.05, 4.69) is 49.6 Å². The van der Waals surface area contributed by atoms with Crippen LogP contribution >= 0.6 is 7.82 Å². The molecular formula is C39H67O9P. The Bertz CT molecular complexity index is 1010. The second-order valence-corrected chi connectivity index (χ2v) is 14.3. The van der Waals surface area contributed by atoms with E-state index in [0.29, 0.717) is 6.42 Å². The lowest BCUT2D eigenvalue weighted by molar-refractivity contribution is -0.161. The Kier molecular flexibility index (Phi) is 31.3. The van der Waals surface area contributed by atoms with Gasteiger partial charge in [-0.15, -0.1) is 0 Å². The zero-order valence-corrected chi connectivity index (χ0v) is 31.6. The fourth-order valence-corrected chi connectivity index (χ4v) is 5.28. The van der Waals surface area contributed by atoms with E-state index in [1.165, 1.54) is 70.3 Å². The normalized spacial score (nSPS) is 13.0. The van der Waals surface area contributed by atoms with Gasteiger partial charge in [-0.05, 0) is 50.5 Å². The van der Waals surface area contributed by atoms with E-state index in [1.807, 2.05) is 12.2 Å². The van der Waals surface area contributed by atoms with E-state index in [1.54, 1.807) is 6.08 Å². The summed E-state index contributed by atoms with van der Waals surface area (Å²) in [4.78, 5) is 54.8. The van der Waals surface area contributed by atoms with Crippen LogP contribution in [0.3, 0.4) is 0 Å². The third-order valence-electron chi connectivity index (χ3n) is 7.75. The Balaban J connectivity index is 4.20. The van der Waals surface area contributed by atoms with Crippen LogP contribution in [0.25, 0.3) is 0 Å². The molecule has 282 valence electrons. The first-order chi connectivity index (χ1) is 23.5. The Morgan fingerprint density at radius 1 is 0.653 bits per heavy atom. The standard InChI is InChI=1S/C39H67O9P/c1-4-5-6-7-8-9-10-11-12-16-19-22-25-29-36(40)30-27-32-39(42)48-37(34-47-49(43,44)45)33-46-38(41)31-26-23-20-17-14-13-15-18-21-24-28-35(2)3/h8-9,11-12,19,22,25,29,35,37H,4-7,10,13-18,20-21,23-24,26-28,30-34H2,1-3H3,(H2,43,44,45)/b9-8-,12-11-,22-19-,29-25+/t37-/m1/s1. The Hall–Kier alpha value is -2.32. The third kappa shape index (κ3) is 36.8. The van der Waals surface area contributed by atoms with Crippen molar-refractivity contribution < 1.29 is 42.7 Å². The molecule has 0 aliphatic heterocycles. The minimum atomic E-state index is -4.82. The summed E-state index contributed by atoms with van der Waals surface area (Å²) in [5, 5.41) is 0. The molecule has 2 N–H and O–H groups in total. The molecule has 0 aromatic rings. The number of esters is 2. The van der Waals surface area contributed by atoms with E-state index in [0.717, 1.165) is 44.4 Å². The van der Waals surface area contributed by atoms with E-state index in [4.69, 9.17) is 19.3 Å². The number of allylic oxidation sites excluding steroid dienone is 8. The van der Waals surface area contributed by atoms with Crippen LogP contribution in [0.5, 0.6) is 0 Å². The van der Waals surface area contributed by atoms with E-state index >= 15 is 0 Å². The first-order valence-corrected chi connectivity index (χ1v) is 20.3. The summed E-state index contributed by atoms with van der Waals surface area (Å²) in [6.07, 6.45) is 34.2. The number of ketones is 1. The number of carbonyl (C=O) groups is 3. The van der Waals surface area contributed by atoms with Crippen molar-refractivity contribution in [1.29, 1.82) is 0 Å². The molecule has 49 heavy (non-hydrogen) atoms. The third-order valence-corrected chi connectivity index (χ3v) is 8.24. The number of rotatable bonds is 33. The minimum Gasteiger partial charge on any atom is -0.462 e. The summed E-state index contributed by atoms with van der Waals surface area (Å²) in [7, 11) is -4.82. The van der Waals surface area contributed by atoms with Crippen LogP contribution in [0.4, 0.5) is 0 Å². The summed E-state index contributed by atoms with van der Waals surface area (Å²) < 4.78 is 26.1. The molecule has 10 heteroatoms. The van der Waals surface area contributed by atoms with Crippen LogP contribution in [0.1, 0.15) is 156 Å². The molecular weight excluding hydrogens is 643 g/mol. The van der Waals surface area contributed by atoms with Gasteiger partial charge in [0.25, 0.3) is 0 Å². The highest BCUT2D eigenvalue weighted by molar-refractivity contribution is 7.46. The van der Waals surface area contributed by atoms with Gasteiger partial charge < -0.3 is 19.3 Å². The van der Waals surface area contributed by atoms with Crippen LogP contribution in [0, 0.1) is 5.92 Å². The molecule has 0 amide bonds. The summed E-state index contributed by atoms with van der Waals surface area (Å²) >= 11 is 0. The van der Waals surface area contributed by atoms with Crippen molar-refractivity contribution in [2.45, 2.75) is 162 Å². The minimum absolute atomic E-state index is 0.0776. The topological polar surface area (TPSA) is 136 Å². The molecule has 0 saturated carbocycles. The zero-order chi connectivity index (χ0) is 36.4. The van der Waals surface area contributed by atoms with Crippen LogP contribution < -0.4 is 0 Å². The first kappa shape index (κ1) is 46.7. The van der Waals surface area contributed by atoms with Crippen molar-refractivity contribution in [2.24, 2.45) is 5.92 Å². The molecule has 0 unspecified atom stereocenters. The molecule has 0 spiro atoms. The number of hydrogen-bond donors (Lipinski definition) is 2. The summed E-state index contributed by atoms with van der Waals surface area (Å²) in [5.41, 5.74) is 0. The quantitative estimate of drug-likeness (QED) is 0.0170.